The monoisotopic (exact) mass is 466 g/mol. The van der Waals surface area contributed by atoms with Crippen LogP contribution in [0, 0.1) is 0 Å². The topological polar surface area (TPSA) is 72.9 Å². The summed E-state index contributed by atoms with van der Waals surface area (Å²) in [4.78, 5) is 25.0. The first-order valence-electron chi connectivity index (χ1n) is 8.02. The van der Waals surface area contributed by atoms with E-state index in [9.17, 15) is 4.79 Å². The summed E-state index contributed by atoms with van der Waals surface area (Å²) < 4.78 is 0. The van der Waals surface area contributed by atoms with Crippen molar-refractivity contribution in [3.8, 4) is 0 Å². The molecule has 1 aromatic heterocycles. The third-order valence-electron chi connectivity index (χ3n) is 3.53. The number of halogens is 1. The van der Waals surface area contributed by atoms with Crippen LogP contribution in [0.5, 0.6) is 0 Å². The zero-order chi connectivity index (χ0) is 16.7. The number of anilines is 1. The average Bonchev–Trinajstić information content (AvgIpc) is 3.20. The summed E-state index contributed by atoms with van der Waals surface area (Å²) in [6, 6.07) is 0. The molecule has 1 fully saturated rings. The standard InChI is InChI=1S/C15H26N6OS.HI/c1-4-16-14(18-10-13(22)21-7-5-6-8-21)17-9-12-11-23-15(19-12)20(2)3;/h11H,4-10H2,1-3H3,(H2,16,17,18);1H. The van der Waals surface area contributed by atoms with E-state index in [2.05, 4.69) is 20.6 Å². The maximum Gasteiger partial charge on any atom is 0.241 e. The van der Waals surface area contributed by atoms with Gasteiger partial charge in [0.25, 0.3) is 0 Å². The lowest BCUT2D eigenvalue weighted by atomic mass is 10.4. The molecule has 0 radical (unpaired) electrons. The van der Waals surface area contributed by atoms with Gasteiger partial charge in [0.1, 0.15) is 0 Å². The lowest BCUT2D eigenvalue weighted by Gasteiger charge is -2.17. The van der Waals surface area contributed by atoms with Crippen molar-refractivity contribution in [2.24, 2.45) is 4.99 Å². The van der Waals surface area contributed by atoms with Crippen molar-refractivity contribution in [3.63, 3.8) is 0 Å². The van der Waals surface area contributed by atoms with Gasteiger partial charge in [-0.15, -0.1) is 35.3 Å². The fraction of sp³-hybridized carbons (Fsp3) is 0.667. The Labute approximate surface area is 164 Å². The third-order valence-corrected chi connectivity index (χ3v) is 4.59. The molecule has 0 spiro atoms. The minimum atomic E-state index is 0. The number of aromatic nitrogens is 1. The molecule has 0 aliphatic carbocycles. The fourth-order valence-electron chi connectivity index (χ4n) is 2.31. The van der Waals surface area contributed by atoms with Crippen LogP contribution in [-0.4, -0.2) is 62.0 Å². The molecular formula is C15H27IN6OS. The molecule has 1 amide bonds. The molecule has 1 aliphatic rings. The number of amides is 1. The number of hydrogen-bond donors (Lipinski definition) is 2. The fourth-order valence-corrected chi connectivity index (χ4v) is 3.06. The summed E-state index contributed by atoms with van der Waals surface area (Å²) in [5.74, 6) is 0.788. The number of carbonyl (C=O) groups excluding carboxylic acids is 1. The van der Waals surface area contributed by atoms with Crippen LogP contribution in [0.1, 0.15) is 25.5 Å². The van der Waals surface area contributed by atoms with E-state index >= 15 is 0 Å². The molecule has 1 aliphatic heterocycles. The van der Waals surface area contributed by atoms with Crippen LogP contribution in [0.2, 0.25) is 0 Å². The first-order chi connectivity index (χ1) is 11.1. The number of likely N-dealkylation sites (tertiary alicyclic amines) is 1. The Morgan fingerprint density at radius 2 is 2.08 bits per heavy atom. The number of rotatable bonds is 6. The van der Waals surface area contributed by atoms with Gasteiger partial charge in [0.05, 0.1) is 18.8 Å². The highest BCUT2D eigenvalue weighted by molar-refractivity contribution is 14.0. The van der Waals surface area contributed by atoms with E-state index < -0.39 is 0 Å². The number of thiazole rings is 1. The number of nitrogens with zero attached hydrogens (tertiary/aromatic N) is 4. The molecule has 136 valence electrons. The Morgan fingerprint density at radius 3 is 2.67 bits per heavy atom. The Kier molecular flexibility index (Phi) is 9.34. The Bertz CT molecular complexity index is 542. The van der Waals surface area contributed by atoms with E-state index in [1.165, 1.54) is 0 Å². The second-order valence-corrected chi connectivity index (χ2v) is 6.49. The van der Waals surface area contributed by atoms with Crippen LogP contribution in [0.3, 0.4) is 0 Å². The van der Waals surface area contributed by atoms with Gasteiger partial charge in [0.15, 0.2) is 11.1 Å². The minimum Gasteiger partial charge on any atom is -0.357 e. The van der Waals surface area contributed by atoms with Crippen molar-refractivity contribution in [1.82, 2.24) is 20.5 Å². The molecule has 0 atom stereocenters. The maximum atomic E-state index is 12.1. The third kappa shape index (κ3) is 6.42. The van der Waals surface area contributed by atoms with Crippen molar-refractivity contribution in [3.05, 3.63) is 11.1 Å². The van der Waals surface area contributed by atoms with Crippen LogP contribution in [0.15, 0.2) is 10.4 Å². The predicted molar refractivity (Wildman–Crippen MR) is 110 cm³/mol. The molecule has 2 N–H and O–H groups in total. The van der Waals surface area contributed by atoms with Gasteiger partial charge >= 0.3 is 0 Å². The molecule has 2 heterocycles. The Balaban J connectivity index is 0.00000288. The zero-order valence-corrected chi connectivity index (χ0v) is 17.7. The highest BCUT2D eigenvalue weighted by Gasteiger charge is 2.17. The lowest BCUT2D eigenvalue weighted by Crippen LogP contribution is -2.44. The van der Waals surface area contributed by atoms with Crippen LogP contribution in [-0.2, 0) is 11.3 Å². The second kappa shape index (κ2) is 10.7. The van der Waals surface area contributed by atoms with E-state index in [1.807, 2.05) is 36.2 Å². The van der Waals surface area contributed by atoms with E-state index in [0.29, 0.717) is 12.5 Å². The SMILES string of the molecule is CCNC(=NCc1csc(N(C)C)n1)NCC(=O)N1CCCC1.I. The molecular weight excluding hydrogens is 439 g/mol. The van der Waals surface area contributed by atoms with Crippen molar-refractivity contribution in [2.45, 2.75) is 26.3 Å². The van der Waals surface area contributed by atoms with Gasteiger partial charge in [-0.3, -0.25) is 4.79 Å². The quantitative estimate of drug-likeness (QED) is 0.378. The molecule has 1 aromatic rings. The first-order valence-corrected chi connectivity index (χ1v) is 8.89. The van der Waals surface area contributed by atoms with Crippen molar-refractivity contribution in [1.29, 1.82) is 0 Å². The van der Waals surface area contributed by atoms with Gasteiger partial charge in [-0.1, -0.05) is 0 Å². The lowest BCUT2D eigenvalue weighted by molar-refractivity contribution is -0.128. The van der Waals surface area contributed by atoms with E-state index in [1.54, 1.807) is 11.3 Å². The van der Waals surface area contributed by atoms with Crippen molar-refractivity contribution < 1.29 is 4.79 Å². The number of nitrogens with one attached hydrogen (secondary N) is 2. The second-order valence-electron chi connectivity index (χ2n) is 5.65. The average molecular weight is 466 g/mol. The molecule has 1 saturated heterocycles. The maximum absolute atomic E-state index is 12.1. The summed E-state index contributed by atoms with van der Waals surface area (Å²) in [6.07, 6.45) is 2.22. The molecule has 0 bridgehead atoms. The predicted octanol–water partition coefficient (Wildman–Crippen LogP) is 1.50. The van der Waals surface area contributed by atoms with E-state index in [4.69, 9.17) is 0 Å². The zero-order valence-electron chi connectivity index (χ0n) is 14.5. The van der Waals surface area contributed by atoms with Gasteiger partial charge in [-0.05, 0) is 19.8 Å². The molecule has 9 heteroatoms. The van der Waals surface area contributed by atoms with Crippen LogP contribution in [0.4, 0.5) is 5.13 Å². The molecule has 2 rings (SSSR count). The molecule has 7 nitrogen and oxygen atoms in total. The smallest absolute Gasteiger partial charge is 0.241 e. The molecule has 0 saturated carbocycles. The van der Waals surface area contributed by atoms with Gasteiger partial charge in [0, 0.05) is 39.1 Å². The Hall–Kier alpha value is -1.10. The van der Waals surface area contributed by atoms with Gasteiger partial charge < -0.3 is 20.4 Å². The summed E-state index contributed by atoms with van der Waals surface area (Å²) in [5, 5.41) is 9.25. The molecule has 24 heavy (non-hydrogen) atoms. The van der Waals surface area contributed by atoms with Gasteiger partial charge in [-0.2, -0.15) is 0 Å². The van der Waals surface area contributed by atoms with Crippen molar-refractivity contribution >= 4 is 52.3 Å². The van der Waals surface area contributed by atoms with E-state index in [0.717, 1.165) is 43.3 Å². The summed E-state index contributed by atoms with van der Waals surface area (Å²) in [6.45, 7) is 5.29. The van der Waals surface area contributed by atoms with Crippen LogP contribution < -0.4 is 15.5 Å². The Morgan fingerprint density at radius 1 is 1.38 bits per heavy atom. The van der Waals surface area contributed by atoms with Gasteiger partial charge in [-0.25, -0.2) is 9.98 Å². The minimum absolute atomic E-state index is 0. The largest absolute Gasteiger partial charge is 0.357 e. The number of aliphatic imine (C=N–C) groups is 1. The molecule has 0 unspecified atom stereocenters. The normalized spacial score (nSPS) is 14.3. The number of carbonyl (C=O) groups is 1. The summed E-state index contributed by atoms with van der Waals surface area (Å²) in [7, 11) is 3.95. The summed E-state index contributed by atoms with van der Waals surface area (Å²) >= 11 is 1.60. The highest BCUT2D eigenvalue weighted by atomic mass is 127. The van der Waals surface area contributed by atoms with Gasteiger partial charge in [0.2, 0.25) is 5.91 Å². The highest BCUT2D eigenvalue weighted by Crippen LogP contribution is 2.18. The molecule has 0 aromatic carbocycles. The van der Waals surface area contributed by atoms with Crippen molar-refractivity contribution in [2.75, 3.05) is 45.2 Å². The van der Waals surface area contributed by atoms with Crippen LogP contribution >= 0.6 is 35.3 Å². The number of guanidine groups is 1. The van der Waals surface area contributed by atoms with E-state index in [-0.39, 0.29) is 36.4 Å². The van der Waals surface area contributed by atoms with Crippen LogP contribution in [0.25, 0.3) is 0 Å². The number of hydrogen-bond acceptors (Lipinski definition) is 5. The first kappa shape index (κ1) is 20.9. The summed E-state index contributed by atoms with van der Waals surface area (Å²) in [5.41, 5.74) is 0.932.